The Bertz CT molecular complexity index is 719. The molecule has 1 aromatic carbocycles. The fourth-order valence-corrected chi connectivity index (χ4v) is 5.99. The minimum atomic E-state index is -0.329. The van der Waals surface area contributed by atoms with Gasteiger partial charge in [0.05, 0.1) is 4.87 Å². The number of nitrogens with one attached hydrogen (secondary N) is 1. The van der Waals surface area contributed by atoms with E-state index >= 15 is 0 Å². The van der Waals surface area contributed by atoms with Crippen molar-refractivity contribution >= 4 is 23.6 Å². The summed E-state index contributed by atoms with van der Waals surface area (Å²) in [6, 6.07) is 8.06. The third-order valence-corrected chi connectivity index (χ3v) is 7.67. The SMILES string of the molecule is CC12CCC(=O)N1C(C(=O)NCc1ccccc1CN1CCCCC1)CS2. The standard InChI is InChI=1S/C21H29N3O2S/c1-21-10-9-19(25)24(21)18(15-27-21)20(26)22-13-16-7-3-4-8-17(16)14-23-11-5-2-6-12-23/h3-4,7-8,18H,2,5-6,9-15H2,1H3,(H,22,26). The van der Waals surface area contributed by atoms with Gasteiger partial charge in [0.1, 0.15) is 6.04 Å². The molecule has 2 amide bonds. The number of rotatable bonds is 5. The van der Waals surface area contributed by atoms with Gasteiger partial charge in [-0.15, -0.1) is 11.8 Å². The highest BCUT2D eigenvalue weighted by Gasteiger charge is 2.52. The normalized spacial score (nSPS) is 28.4. The van der Waals surface area contributed by atoms with Crippen LogP contribution in [0.2, 0.25) is 0 Å². The fraction of sp³-hybridized carbons (Fsp3) is 0.619. The van der Waals surface area contributed by atoms with Crippen LogP contribution in [0.3, 0.4) is 0 Å². The van der Waals surface area contributed by atoms with Gasteiger partial charge in [0, 0.05) is 25.3 Å². The number of nitrogens with zero attached hydrogens (tertiary/aromatic N) is 2. The topological polar surface area (TPSA) is 52.7 Å². The van der Waals surface area contributed by atoms with Crippen molar-refractivity contribution in [1.29, 1.82) is 0 Å². The van der Waals surface area contributed by atoms with Crippen molar-refractivity contribution in [2.24, 2.45) is 0 Å². The highest BCUT2D eigenvalue weighted by molar-refractivity contribution is 8.01. The van der Waals surface area contributed by atoms with Gasteiger partial charge in [0.15, 0.2) is 0 Å². The van der Waals surface area contributed by atoms with Crippen LogP contribution in [0.15, 0.2) is 24.3 Å². The number of thioether (sulfide) groups is 1. The number of hydrogen-bond donors (Lipinski definition) is 1. The van der Waals surface area contributed by atoms with E-state index in [0.29, 0.717) is 18.7 Å². The molecule has 0 aliphatic carbocycles. The molecule has 0 radical (unpaired) electrons. The van der Waals surface area contributed by atoms with Crippen LogP contribution in [0.1, 0.15) is 50.2 Å². The monoisotopic (exact) mass is 387 g/mol. The number of hydrogen-bond acceptors (Lipinski definition) is 4. The third kappa shape index (κ3) is 3.87. The van der Waals surface area contributed by atoms with Crippen molar-refractivity contribution in [3.05, 3.63) is 35.4 Å². The predicted molar refractivity (Wildman–Crippen MR) is 108 cm³/mol. The van der Waals surface area contributed by atoms with Gasteiger partial charge in [-0.1, -0.05) is 30.7 Å². The Morgan fingerprint density at radius 3 is 2.74 bits per heavy atom. The lowest BCUT2D eigenvalue weighted by atomic mass is 10.0. The Balaban J connectivity index is 1.39. The molecule has 0 bridgehead atoms. The number of piperidine rings is 1. The van der Waals surface area contributed by atoms with Gasteiger partial charge in [-0.3, -0.25) is 14.5 Å². The number of amides is 2. The summed E-state index contributed by atoms with van der Waals surface area (Å²) in [5, 5.41) is 3.10. The van der Waals surface area contributed by atoms with Gasteiger partial charge in [0.2, 0.25) is 11.8 Å². The van der Waals surface area contributed by atoms with E-state index < -0.39 is 0 Å². The van der Waals surface area contributed by atoms with Crippen LogP contribution in [-0.4, -0.2) is 51.4 Å². The maximum atomic E-state index is 12.8. The Morgan fingerprint density at radius 1 is 1.22 bits per heavy atom. The van der Waals surface area contributed by atoms with Crippen LogP contribution in [0.4, 0.5) is 0 Å². The maximum absolute atomic E-state index is 12.8. The van der Waals surface area contributed by atoms with Crippen LogP contribution >= 0.6 is 11.8 Å². The van der Waals surface area contributed by atoms with Crippen molar-refractivity contribution in [2.75, 3.05) is 18.8 Å². The van der Waals surface area contributed by atoms with Crippen molar-refractivity contribution in [2.45, 2.75) is 63.0 Å². The lowest BCUT2D eigenvalue weighted by Crippen LogP contribution is -2.49. The molecule has 3 fully saturated rings. The first kappa shape index (κ1) is 18.8. The Kier molecular flexibility index (Phi) is 5.46. The third-order valence-electron chi connectivity index (χ3n) is 6.16. The molecule has 3 aliphatic heterocycles. The minimum Gasteiger partial charge on any atom is -0.350 e. The molecule has 2 atom stereocenters. The van der Waals surface area contributed by atoms with Crippen LogP contribution in [-0.2, 0) is 22.7 Å². The summed E-state index contributed by atoms with van der Waals surface area (Å²) in [4.78, 5) is 29.2. The van der Waals surface area contributed by atoms with E-state index in [4.69, 9.17) is 0 Å². The molecule has 4 rings (SSSR count). The van der Waals surface area contributed by atoms with E-state index in [9.17, 15) is 9.59 Å². The maximum Gasteiger partial charge on any atom is 0.243 e. The van der Waals surface area contributed by atoms with Crippen LogP contribution in [0.25, 0.3) is 0 Å². The average Bonchev–Trinajstić information content (AvgIpc) is 3.18. The molecular formula is C21H29N3O2S. The smallest absolute Gasteiger partial charge is 0.243 e. The van der Waals surface area contributed by atoms with Gasteiger partial charge in [-0.25, -0.2) is 0 Å². The van der Waals surface area contributed by atoms with Crippen LogP contribution in [0.5, 0.6) is 0 Å². The molecule has 6 heteroatoms. The first-order chi connectivity index (χ1) is 13.1. The van der Waals surface area contributed by atoms with E-state index in [1.165, 1.54) is 30.4 Å². The second kappa shape index (κ2) is 7.84. The molecule has 3 saturated heterocycles. The highest BCUT2D eigenvalue weighted by Crippen LogP contribution is 2.47. The number of carbonyl (C=O) groups is 2. The molecular weight excluding hydrogens is 358 g/mol. The minimum absolute atomic E-state index is 0.0192. The number of fused-ring (bicyclic) bond motifs is 1. The quantitative estimate of drug-likeness (QED) is 0.844. The lowest BCUT2D eigenvalue weighted by molar-refractivity contribution is -0.138. The molecule has 2 unspecified atom stereocenters. The van der Waals surface area contributed by atoms with Crippen LogP contribution < -0.4 is 5.32 Å². The second-order valence-corrected chi connectivity index (χ2v) is 9.59. The highest BCUT2D eigenvalue weighted by atomic mass is 32.2. The molecule has 1 aromatic rings. The molecule has 5 nitrogen and oxygen atoms in total. The molecule has 3 heterocycles. The van der Waals surface area contributed by atoms with Crippen molar-refractivity contribution in [1.82, 2.24) is 15.1 Å². The summed E-state index contributed by atoms with van der Waals surface area (Å²) in [5.74, 6) is 0.797. The molecule has 27 heavy (non-hydrogen) atoms. The summed E-state index contributed by atoms with van der Waals surface area (Å²) in [6.45, 7) is 5.89. The summed E-state index contributed by atoms with van der Waals surface area (Å²) >= 11 is 1.74. The Labute approximate surface area is 165 Å². The summed E-state index contributed by atoms with van der Waals surface area (Å²) in [5.41, 5.74) is 2.47. The van der Waals surface area contributed by atoms with E-state index in [1.807, 2.05) is 11.0 Å². The molecule has 0 saturated carbocycles. The first-order valence-corrected chi connectivity index (χ1v) is 11.1. The molecule has 0 aromatic heterocycles. The van der Waals surface area contributed by atoms with Crippen LogP contribution in [0, 0.1) is 0 Å². The number of carbonyl (C=O) groups excluding carboxylic acids is 2. The molecule has 3 aliphatic rings. The summed E-state index contributed by atoms with van der Waals surface area (Å²) in [7, 11) is 0. The van der Waals surface area contributed by atoms with Crippen molar-refractivity contribution in [3.8, 4) is 0 Å². The van der Waals surface area contributed by atoms with Gasteiger partial charge in [-0.05, 0) is 50.4 Å². The molecule has 1 N–H and O–H groups in total. The first-order valence-electron chi connectivity index (χ1n) is 10.1. The zero-order chi connectivity index (χ0) is 18.9. The van der Waals surface area contributed by atoms with Gasteiger partial charge in [0.25, 0.3) is 0 Å². The fourth-order valence-electron chi connectivity index (χ4n) is 4.56. The molecule has 146 valence electrons. The summed E-state index contributed by atoms with van der Waals surface area (Å²) in [6.07, 6.45) is 5.30. The van der Waals surface area contributed by atoms with Crippen molar-refractivity contribution in [3.63, 3.8) is 0 Å². The Morgan fingerprint density at radius 2 is 1.96 bits per heavy atom. The largest absolute Gasteiger partial charge is 0.350 e. The average molecular weight is 388 g/mol. The second-order valence-electron chi connectivity index (χ2n) is 8.09. The van der Waals surface area contributed by atoms with Gasteiger partial charge >= 0.3 is 0 Å². The zero-order valence-corrected chi connectivity index (χ0v) is 16.9. The predicted octanol–water partition coefficient (Wildman–Crippen LogP) is 2.74. The van der Waals surface area contributed by atoms with E-state index in [0.717, 1.165) is 26.1 Å². The molecule has 0 spiro atoms. The van der Waals surface area contributed by atoms with Gasteiger partial charge in [-0.2, -0.15) is 0 Å². The van der Waals surface area contributed by atoms with Gasteiger partial charge < -0.3 is 10.2 Å². The van der Waals surface area contributed by atoms with E-state index in [-0.39, 0.29) is 22.7 Å². The summed E-state index contributed by atoms with van der Waals surface area (Å²) < 4.78 is 0. The Hall–Kier alpha value is -1.53. The number of benzene rings is 1. The lowest BCUT2D eigenvalue weighted by Gasteiger charge is -2.30. The zero-order valence-electron chi connectivity index (χ0n) is 16.1. The van der Waals surface area contributed by atoms with Crippen molar-refractivity contribution < 1.29 is 9.59 Å². The van der Waals surface area contributed by atoms with E-state index in [2.05, 4.69) is 35.3 Å². The number of likely N-dealkylation sites (tertiary alicyclic amines) is 1. The van der Waals surface area contributed by atoms with E-state index in [1.54, 1.807) is 11.8 Å².